The summed E-state index contributed by atoms with van der Waals surface area (Å²) in [6.07, 6.45) is -2.52. The van der Waals surface area contributed by atoms with E-state index in [4.69, 9.17) is 0 Å². The first-order valence-electron chi connectivity index (χ1n) is 7.14. The van der Waals surface area contributed by atoms with Gasteiger partial charge in [-0.1, -0.05) is 32.4 Å². The summed E-state index contributed by atoms with van der Waals surface area (Å²) in [4.78, 5) is 0. The van der Waals surface area contributed by atoms with Crippen molar-refractivity contribution in [2.75, 3.05) is 18.1 Å². The van der Waals surface area contributed by atoms with Gasteiger partial charge in [0.25, 0.3) is 0 Å². The normalized spacial score (nSPS) is 14.9. The van der Waals surface area contributed by atoms with E-state index in [9.17, 15) is 17.4 Å². The Morgan fingerprint density at radius 2 is 2.00 bits per heavy atom. The third-order valence-corrected chi connectivity index (χ3v) is 4.59. The summed E-state index contributed by atoms with van der Waals surface area (Å²) in [5, 5.41) is 3.12. The number of nitrogens with one attached hydrogen (secondary N) is 1. The van der Waals surface area contributed by atoms with Crippen LogP contribution in [0, 0.1) is 0 Å². The Morgan fingerprint density at radius 3 is 2.57 bits per heavy atom. The van der Waals surface area contributed by atoms with E-state index in [2.05, 4.69) is 5.32 Å². The molecule has 0 fully saturated rings. The van der Waals surface area contributed by atoms with Gasteiger partial charge in [0, 0.05) is 28.3 Å². The maximum Gasteiger partial charge on any atom is 0.416 e. The summed E-state index contributed by atoms with van der Waals surface area (Å²) in [6.45, 7) is 4.52. The summed E-state index contributed by atoms with van der Waals surface area (Å²) in [6, 6.07) is 4.94. The Morgan fingerprint density at radius 1 is 1.29 bits per heavy atom. The first-order valence-corrected chi connectivity index (χ1v) is 8.62. The molecule has 0 heterocycles. The minimum Gasteiger partial charge on any atom is -0.309 e. The monoisotopic (exact) mass is 321 g/mol. The predicted octanol–water partition coefficient (Wildman–Crippen LogP) is 3.90. The lowest BCUT2D eigenvalue weighted by Gasteiger charge is -2.19. The number of benzene rings is 1. The summed E-state index contributed by atoms with van der Waals surface area (Å²) in [5.74, 6) is 0.937. The Hall–Kier alpha value is -0.880. The van der Waals surface area contributed by atoms with Crippen LogP contribution in [0.5, 0.6) is 0 Å². The zero-order valence-electron chi connectivity index (χ0n) is 12.4. The third kappa shape index (κ3) is 6.18. The lowest BCUT2D eigenvalue weighted by molar-refractivity contribution is -0.137. The van der Waals surface area contributed by atoms with Crippen molar-refractivity contribution in [1.82, 2.24) is 5.32 Å². The third-order valence-electron chi connectivity index (χ3n) is 3.14. The molecule has 0 aliphatic heterocycles. The van der Waals surface area contributed by atoms with Crippen molar-refractivity contribution in [3.63, 3.8) is 0 Å². The number of unbranched alkanes of at least 4 members (excludes halogenated alkanes) is 1. The van der Waals surface area contributed by atoms with E-state index in [0.29, 0.717) is 23.6 Å². The minimum atomic E-state index is -4.35. The molecule has 0 saturated heterocycles. The van der Waals surface area contributed by atoms with Gasteiger partial charge in [-0.15, -0.1) is 0 Å². The SMILES string of the molecule is CCCCS(=O)CC(NCC)c1cccc(C(F)(F)F)c1. The fraction of sp³-hybridized carbons (Fsp3) is 0.600. The van der Waals surface area contributed by atoms with E-state index in [0.717, 1.165) is 25.0 Å². The molecule has 0 bridgehead atoms. The van der Waals surface area contributed by atoms with Gasteiger partial charge in [-0.2, -0.15) is 13.2 Å². The van der Waals surface area contributed by atoms with Gasteiger partial charge in [0.15, 0.2) is 0 Å². The summed E-state index contributed by atoms with van der Waals surface area (Å²) in [7, 11) is -1.02. The van der Waals surface area contributed by atoms with Crippen LogP contribution in [0.3, 0.4) is 0 Å². The highest BCUT2D eigenvalue weighted by Gasteiger charge is 2.31. The highest BCUT2D eigenvalue weighted by atomic mass is 32.2. The van der Waals surface area contributed by atoms with Gasteiger partial charge in [0.05, 0.1) is 5.56 Å². The molecule has 0 amide bonds. The maximum absolute atomic E-state index is 12.8. The van der Waals surface area contributed by atoms with Crippen LogP contribution in [0.1, 0.15) is 43.9 Å². The fourth-order valence-corrected chi connectivity index (χ4v) is 3.49. The van der Waals surface area contributed by atoms with Crippen molar-refractivity contribution >= 4 is 10.8 Å². The second kappa shape index (κ2) is 8.54. The van der Waals surface area contributed by atoms with Crippen LogP contribution >= 0.6 is 0 Å². The first kappa shape index (κ1) is 18.2. The molecule has 0 radical (unpaired) electrons. The van der Waals surface area contributed by atoms with Crippen molar-refractivity contribution in [3.8, 4) is 0 Å². The second-order valence-electron chi connectivity index (χ2n) is 4.90. The molecule has 2 unspecified atom stereocenters. The minimum absolute atomic E-state index is 0.310. The molecular formula is C15H22F3NOS. The van der Waals surface area contributed by atoms with Gasteiger partial charge in [-0.25, -0.2) is 0 Å². The zero-order valence-corrected chi connectivity index (χ0v) is 13.2. The lowest BCUT2D eigenvalue weighted by Crippen LogP contribution is -2.27. The largest absolute Gasteiger partial charge is 0.416 e. The Labute approximate surface area is 126 Å². The van der Waals surface area contributed by atoms with Crippen molar-refractivity contribution in [3.05, 3.63) is 35.4 Å². The summed E-state index contributed by atoms with van der Waals surface area (Å²) >= 11 is 0. The topological polar surface area (TPSA) is 29.1 Å². The van der Waals surface area contributed by atoms with Crippen LogP contribution in [0.2, 0.25) is 0 Å². The number of hydrogen-bond acceptors (Lipinski definition) is 2. The highest BCUT2D eigenvalue weighted by molar-refractivity contribution is 7.85. The molecule has 0 aromatic heterocycles. The average Bonchev–Trinajstić information content (AvgIpc) is 2.44. The van der Waals surface area contributed by atoms with E-state index >= 15 is 0 Å². The smallest absolute Gasteiger partial charge is 0.309 e. The summed E-state index contributed by atoms with van der Waals surface area (Å²) < 4.78 is 50.3. The Bertz CT molecular complexity index is 462. The molecule has 6 heteroatoms. The van der Waals surface area contributed by atoms with Gasteiger partial charge < -0.3 is 5.32 Å². The van der Waals surface area contributed by atoms with E-state index in [1.165, 1.54) is 6.07 Å². The van der Waals surface area contributed by atoms with E-state index in [1.54, 1.807) is 6.07 Å². The molecule has 21 heavy (non-hydrogen) atoms. The quantitative estimate of drug-likeness (QED) is 0.786. The van der Waals surface area contributed by atoms with Crippen molar-refractivity contribution in [2.24, 2.45) is 0 Å². The van der Waals surface area contributed by atoms with Crippen molar-refractivity contribution < 1.29 is 17.4 Å². The number of halogens is 3. The van der Waals surface area contributed by atoms with Crippen LogP contribution < -0.4 is 5.32 Å². The molecule has 0 saturated carbocycles. The van der Waals surface area contributed by atoms with Crippen LogP contribution in [0.4, 0.5) is 13.2 Å². The van der Waals surface area contributed by atoms with Gasteiger partial charge in [0.2, 0.25) is 0 Å². The van der Waals surface area contributed by atoms with Gasteiger partial charge in [-0.05, 0) is 30.7 Å². The second-order valence-corrected chi connectivity index (χ2v) is 6.52. The molecule has 2 nitrogen and oxygen atoms in total. The van der Waals surface area contributed by atoms with Crippen LogP contribution in [0.15, 0.2) is 24.3 Å². The fourth-order valence-electron chi connectivity index (χ4n) is 2.03. The summed E-state index contributed by atoms with van der Waals surface area (Å²) in [5.41, 5.74) is -0.126. The average molecular weight is 321 g/mol. The standard InChI is InChI=1S/C15H22F3NOS/c1-3-5-9-21(20)11-14(19-4-2)12-7-6-8-13(10-12)15(16,17)18/h6-8,10,14,19H,3-5,9,11H2,1-2H3. The number of alkyl halides is 3. The molecule has 1 rings (SSSR count). The van der Waals surface area contributed by atoms with Crippen molar-refractivity contribution in [1.29, 1.82) is 0 Å². The first-order chi connectivity index (χ1) is 9.88. The van der Waals surface area contributed by atoms with Gasteiger partial charge >= 0.3 is 6.18 Å². The van der Waals surface area contributed by atoms with Gasteiger partial charge in [-0.3, -0.25) is 4.21 Å². The number of rotatable bonds is 8. The van der Waals surface area contributed by atoms with Crippen LogP contribution in [0.25, 0.3) is 0 Å². The molecular weight excluding hydrogens is 299 g/mol. The molecule has 0 aliphatic carbocycles. The molecule has 120 valence electrons. The molecule has 1 N–H and O–H groups in total. The lowest BCUT2D eigenvalue weighted by atomic mass is 10.0. The maximum atomic E-state index is 12.8. The highest BCUT2D eigenvalue weighted by Crippen LogP contribution is 2.30. The van der Waals surface area contributed by atoms with E-state index in [-0.39, 0.29) is 6.04 Å². The molecule has 0 aliphatic rings. The predicted molar refractivity (Wildman–Crippen MR) is 80.6 cm³/mol. The Balaban J connectivity index is 2.87. The van der Waals surface area contributed by atoms with E-state index < -0.39 is 22.5 Å². The van der Waals surface area contributed by atoms with Gasteiger partial charge in [0.1, 0.15) is 0 Å². The van der Waals surface area contributed by atoms with Crippen molar-refractivity contribution in [2.45, 2.75) is 38.9 Å². The van der Waals surface area contributed by atoms with Crippen LogP contribution in [-0.4, -0.2) is 22.3 Å². The Kier molecular flexibility index (Phi) is 7.39. The molecule has 1 aromatic carbocycles. The van der Waals surface area contributed by atoms with Crippen LogP contribution in [-0.2, 0) is 17.0 Å². The molecule has 0 spiro atoms. The molecule has 1 aromatic rings. The number of hydrogen-bond donors (Lipinski definition) is 1. The molecule has 2 atom stereocenters. The van der Waals surface area contributed by atoms with E-state index in [1.807, 2.05) is 13.8 Å². The zero-order chi connectivity index (χ0) is 15.9.